The SMILES string of the molecule is CC(C)(C)Oc1c(F)c(F)c(C#N)c(C#N)c1F. The molecule has 0 aromatic heterocycles. The lowest BCUT2D eigenvalue weighted by atomic mass is 10.1. The molecule has 0 amide bonds. The van der Waals surface area contributed by atoms with Gasteiger partial charge in [-0.25, -0.2) is 8.78 Å². The summed E-state index contributed by atoms with van der Waals surface area (Å²) in [5, 5.41) is 17.3. The van der Waals surface area contributed by atoms with E-state index in [-0.39, 0.29) is 0 Å². The number of hydrogen-bond acceptors (Lipinski definition) is 3. The van der Waals surface area contributed by atoms with E-state index in [1.54, 1.807) is 0 Å². The molecule has 0 aliphatic rings. The van der Waals surface area contributed by atoms with Crippen molar-refractivity contribution in [1.29, 1.82) is 10.5 Å². The van der Waals surface area contributed by atoms with Crippen LogP contribution < -0.4 is 4.74 Å². The highest BCUT2D eigenvalue weighted by molar-refractivity contribution is 5.52. The normalized spacial score (nSPS) is 10.7. The number of hydrogen-bond donors (Lipinski definition) is 0. The molecule has 18 heavy (non-hydrogen) atoms. The standard InChI is InChI=1S/C12H9F3N2O/c1-12(2,3)18-11-9(14)7(5-17)6(4-16)8(13)10(11)15/h1-3H3. The fourth-order valence-electron chi connectivity index (χ4n) is 1.24. The van der Waals surface area contributed by atoms with Gasteiger partial charge in [-0.1, -0.05) is 0 Å². The summed E-state index contributed by atoms with van der Waals surface area (Å²) in [6.07, 6.45) is 0. The third-order valence-electron chi connectivity index (χ3n) is 1.91. The Labute approximate surface area is 102 Å². The predicted octanol–water partition coefficient (Wildman–Crippen LogP) is 3.02. The number of nitrogens with zero attached hydrogens (tertiary/aromatic N) is 2. The van der Waals surface area contributed by atoms with E-state index in [2.05, 4.69) is 0 Å². The Morgan fingerprint density at radius 2 is 1.33 bits per heavy atom. The second kappa shape index (κ2) is 4.58. The highest BCUT2D eigenvalue weighted by Crippen LogP contribution is 2.32. The Bertz CT molecular complexity index is 577. The molecule has 0 unspecified atom stereocenters. The maximum Gasteiger partial charge on any atom is 0.205 e. The highest BCUT2D eigenvalue weighted by atomic mass is 19.2. The number of rotatable bonds is 1. The van der Waals surface area contributed by atoms with Crippen LogP contribution in [-0.4, -0.2) is 5.60 Å². The molecule has 0 radical (unpaired) electrons. The first kappa shape index (κ1) is 13.9. The molecule has 0 fully saturated rings. The van der Waals surface area contributed by atoms with Crippen LogP contribution in [0, 0.1) is 40.1 Å². The van der Waals surface area contributed by atoms with E-state index in [9.17, 15) is 13.2 Å². The van der Waals surface area contributed by atoms with Crippen molar-refractivity contribution < 1.29 is 17.9 Å². The lowest BCUT2D eigenvalue weighted by Crippen LogP contribution is -2.25. The van der Waals surface area contributed by atoms with Crippen molar-refractivity contribution in [3.05, 3.63) is 28.6 Å². The third-order valence-corrected chi connectivity index (χ3v) is 1.91. The summed E-state index contributed by atoms with van der Waals surface area (Å²) in [5.74, 6) is -5.56. The number of halogens is 3. The minimum absolute atomic E-state index is 0.865. The Hall–Kier alpha value is -2.21. The first-order chi connectivity index (χ1) is 8.22. The zero-order chi connectivity index (χ0) is 14.1. The molecule has 0 N–H and O–H groups in total. The summed E-state index contributed by atoms with van der Waals surface area (Å²) in [7, 11) is 0. The van der Waals surface area contributed by atoms with Crippen molar-refractivity contribution in [2.24, 2.45) is 0 Å². The van der Waals surface area contributed by atoms with Crippen molar-refractivity contribution in [3.63, 3.8) is 0 Å². The molecule has 0 spiro atoms. The van der Waals surface area contributed by atoms with Crippen LogP contribution in [-0.2, 0) is 0 Å². The van der Waals surface area contributed by atoms with Gasteiger partial charge in [0.1, 0.15) is 28.9 Å². The van der Waals surface area contributed by atoms with Gasteiger partial charge in [-0.2, -0.15) is 14.9 Å². The molecule has 6 heteroatoms. The van der Waals surface area contributed by atoms with Gasteiger partial charge in [-0.3, -0.25) is 0 Å². The molecule has 1 aromatic rings. The Kier molecular flexibility index (Phi) is 3.52. The van der Waals surface area contributed by atoms with Gasteiger partial charge >= 0.3 is 0 Å². The fraction of sp³-hybridized carbons (Fsp3) is 0.333. The number of nitriles is 2. The molecular weight excluding hydrogens is 245 g/mol. The van der Waals surface area contributed by atoms with Gasteiger partial charge in [0.15, 0.2) is 17.4 Å². The molecule has 0 aliphatic carbocycles. The molecule has 0 aliphatic heterocycles. The average Bonchev–Trinajstić information content (AvgIpc) is 2.27. The van der Waals surface area contributed by atoms with Crippen LogP contribution in [0.15, 0.2) is 0 Å². The summed E-state index contributed by atoms with van der Waals surface area (Å²) in [5.41, 5.74) is -2.81. The van der Waals surface area contributed by atoms with Crippen LogP contribution in [0.5, 0.6) is 5.75 Å². The smallest absolute Gasteiger partial charge is 0.205 e. The van der Waals surface area contributed by atoms with Crippen molar-refractivity contribution in [2.75, 3.05) is 0 Å². The van der Waals surface area contributed by atoms with Gasteiger partial charge in [0, 0.05) is 0 Å². The summed E-state index contributed by atoms with van der Waals surface area (Å²) in [6, 6.07) is 2.58. The Balaban J connectivity index is 3.62. The predicted molar refractivity (Wildman–Crippen MR) is 56.1 cm³/mol. The molecule has 1 rings (SSSR count). The van der Waals surface area contributed by atoms with Gasteiger partial charge in [0.2, 0.25) is 5.82 Å². The van der Waals surface area contributed by atoms with Crippen molar-refractivity contribution >= 4 is 0 Å². The van der Waals surface area contributed by atoms with Crippen LogP contribution in [0.1, 0.15) is 31.9 Å². The highest BCUT2D eigenvalue weighted by Gasteiger charge is 2.28. The molecule has 0 saturated carbocycles. The number of benzene rings is 1. The van der Waals surface area contributed by atoms with E-state index in [0.717, 1.165) is 0 Å². The molecule has 0 bridgehead atoms. The largest absolute Gasteiger partial charge is 0.482 e. The summed E-state index contributed by atoms with van der Waals surface area (Å²) in [6.45, 7) is 4.52. The molecule has 0 heterocycles. The fourth-order valence-corrected chi connectivity index (χ4v) is 1.24. The van der Waals surface area contributed by atoms with E-state index in [4.69, 9.17) is 15.3 Å². The second-order valence-electron chi connectivity index (χ2n) is 4.46. The van der Waals surface area contributed by atoms with Crippen molar-refractivity contribution in [1.82, 2.24) is 0 Å². The molecule has 1 aromatic carbocycles. The monoisotopic (exact) mass is 254 g/mol. The first-order valence-electron chi connectivity index (χ1n) is 4.92. The van der Waals surface area contributed by atoms with E-state index in [1.165, 1.54) is 32.9 Å². The van der Waals surface area contributed by atoms with E-state index >= 15 is 0 Å². The lowest BCUT2D eigenvalue weighted by Gasteiger charge is -2.22. The Morgan fingerprint density at radius 1 is 0.889 bits per heavy atom. The van der Waals surface area contributed by atoms with Crippen molar-refractivity contribution in [2.45, 2.75) is 26.4 Å². The van der Waals surface area contributed by atoms with Crippen LogP contribution in [0.4, 0.5) is 13.2 Å². The molecule has 94 valence electrons. The summed E-state index contributed by atoms with van der Waals surface area (Å²) in [4.78, 5) is 0. The van der Waals surface area contributed by atoms with E-state index < -0.39 is 39.9 Å². The maximum absolute atomic E-state index is 13.8. The lowest BCUT2D eigenvalue weighted by molar-refractivity contribution is 0.116. The topological polar surface area (TPSA) is 56.8 Å². The van der Waals surface area contributed by atoms with Crippen LogP contribution in [0.2, 0.25) is 0 Å². The van der Waals surface area contributed by atoms with Crippen LogP contribution >= 0.6 is 0 Å². The zero-order valence-electron chi connectivity index (χ0n) is 9.94. The maximum atomic E-state index is 13.8. The molecule has 0 atom stereocenters. The first-order valence-corrected chi connectivity index (χ1v) is 4.92. The van der Waals surface area contributed by atoms with Gasteiger partial charge < -0.3 is 4.74 Å². The molecular formula is C12H9F3N2O. The zero-order valence-corrected chi connectivity index (χ0v) is 9.94. The van der Waals surface area contributed by atoms with Gasteiger partial charge in [0.25, 0.3) is 0 Å². The van der Waals surface area contributed by atoms with Gasteiger partial charge in [0.05, 0.1) is 0 Å². The van der Waals surface area contributed by atoms with E-state index in [1.807, 2.05) is 0 Å². The van der Waals surface area contributed by atoms with Gasteiger partial charge in [-0.15, -0.1) is 0 Å². The van der Waals surface area contributed by atoms with Gasteiger partial charge in [-0.05, 0) is 20.8 Å². The average molecular weight is 254 g/mol. The van der Waals surface area contributed by atoms with Crippen molar-refractivity contribution in [3.8, 4) is 17.9 Å². The Morgan fingerprint density at radius 3 is 1.72 bits per heavy atom. The minimum Gasteiger partial charge on any atom is -0.482 e. The third kappa shape index (κ3) is 2.38. The van der Waals surface area contributed by atoms with Crippen LogP contribution in [0.25, 0.3) is 0 Å². The quantitative estimate of drug-likeness (QED) is 0.724. The summed E-state index contributed by atoms with van der Waals surface area (Å²) < 4.78 is 45.7. The summed E-state index contributed by atoms with van der Waals surface area (Å²) >= 11 is 0. The van der Waals surface area contributed by atoms with Crippen LogP contribution in [0.3, 0.4) is 0 Å². The molecule has 3 nitrogen and oxygen atoms in total. The second-order valence-corrected chi connectivity index (χ2v) is 4.46. The van der Waals surface area contributed by atoms with E-state index in [0.29, 0.717) is 0 Å². The number of ether oxygens (including phenoxy) is 1. The molecule has 0 saturated heterocycles. The minimum atomic E-state index is -1.61.